The molecule has 0 saturated heterocycles. The molecule has 0 aromatic heterocycles. The van der Waals surface area contributed by atoms with Crippen molar-refractivity contribution in [2.45, 2.75) is 16.8 Å². The van der Waals surface area contributed by atoms with E-state index in [0.717, 1.165) is 7.11 Å². The van der Waals surface area contributed by atoms with Gasteiger partial charge in [0.1, 0.15) is 11.8 Å². The maximum atomic E-state index is 12.4. The van der Waals surface area contributed by atoms with Gasteiger partial charge in [-0.1, -0.05) is 0 Å². The lowest BCUT2D eigenvalue weighted by atomic mass is 10.1. The number of hydrogen-bond acceptors (Lipinski definition) is 5. The predicted molar refractivity (Wildman–Crippen MR) is 61.1 cm³/mol. The number of rotatable bonds is 3. The maximum absolute atomic E-state index is 12.4. The van der Waals surface area contributed by atoms with E-state index in [2.05, 4.69) is 9.47 Å². The SMILES string of the molecule is COC(=O)c1cc(SC(F)(F)F)c(OC(F)(F)F)cc1C#N. The van der Waals surface area contributed by atoms with Crippen LogP contribution in [0.5, 0.6) is 5.75 Å². The van der Waals surface area contributed by atoms with Crippen LogP contribution < -0.4 is 4.74 Å². The molecular formula is C11H5F6NO3S. The van der Waals surface area contributed by atoms with Crippen molar-refractivity contribution < 1.29 is 40.6 Å². The zero-order chi connectivity index (χ0) is 17.1. The highest BCUT2D eigenvalue weighted by Crippen LogP contribution is 2.43. The summed E-state index contributed by atoms with van der Waals surface area (Å²) >= 11 is -0.913. The number of thioether (sulfide) groups is 1. The topological polar surface area (TPSA) is 59.3 Å². The van der Waals surface area contributed by atoms with Gasteiger partial charge in [0, 0.05) is 6.07 Å². The summed E-state index contributed by atoms with van der Waals surface area (Å²) in [4.78, 5) is 10.4. The molecule has 0 aliphatic heterocycles. The maximum Gasteiger partial charge on any atom is 0.573 e. The minimum atomic E-state index is -5.26. The summed E-state index contributed by atoms with van der Waals surface area (Å²) in [7, 11) is 0.903. The van der Waals surface area contributed by atoms with Crippen LogP contribution >= 0.6 is 11.8 Å². The summed E-state index contributed by atoms with van der Waals surface area (Å²) in [6.45, 7) is 0. The Bertz CT molecular complexity index is 620. The number of halogens is 6. The van der Waals surface area contributed by atoms with Gasteiger partial charge < -0.3 is 9.47 Å². The van der Waals surface area contributed by atoms with Gasteiger partial charge in [-0.05, 0) is 17.8 Å². The van der Waals surface area contributed by atoms with Crippen LogP contribution in [0, 0.1) is 11.3 Å². The molecule has 0 N–H and O–H groups in total. The number of methoxy groups -OCH3 is 1. The van der Waals surface area contributed by atoms with Gasteiger partial charge in [0.05, 0.1) is 23.1 Å². The highest BCUT2D eigenvalue weighted by molar-refractivity contribution is 8.00. The van der Waals surface area contributed by atoms with E-state index >= 15 is 0 Å². The van der Waals surface area contributed by atoms with Crippen molar-refractivity contribution in [3.63, 3.8) is 0 Å². The second-order valence-corrected chi connectivity index (χ2v) is 4.65. The van der Waals surface area contributed by atoms with Crippen LogP contribution in [0.1, 0.15) is 15.9 Å². The summed E-state index contributed by atoms with van der Waals surface area (Å²) < 4.78 is 81.6. The number of nitrogens with zero attached hydrogens (tertiary/aromatic N) is 1. The smallest absolute Gasteiger partial charge is 0.465 e. The van der Waals surface area contributed by atoms with E-state index in [1.807, 2.05) is 0 Å². The second-order valence-electron chi connectivity index (χ2n) is 3.54. The monoisotopic (exact) mass is 345 g/mol. The Morgan fingerprint density at radius 3 is 2.23 bits per heavy atom. The summed E-state index contributed by atoms with van der Waals surface area (Å²) in [6, 6.07) is 2.25. The fourth-order valence-electron chi connectivity index (χ4n) is 1.34. The third kappa shape index (κ3) is 5.03. The second kappa shape index (κ2) is 6.35. The number of carbonyl (C=O) groups is 1. The van der Waals surface area contributed by atoms with Gasteiger partial charge in [-0.2, -0.15) is 18.4 Å². The minimum Gasteiger partial charge on any atom is -0.465 e. The molecular weight excluding hydrogens is 340 g/mol. The Kier molecular flexibility index (Phi) is 5.18. The first kappa shape index (κ1) is 18.0. The van der Waals surface area contributed by atoms with Crippen molar-refractivity contribution in [2.75, 3.05) is 7.11 Å². The fraction of sp³-hybridized carbons (Fsp3) is 0.273. The average Bonchev–Trinajstić information content (AvgIpc) is 2.36. The molecule has 0 spiro atoms. The molecule has 11 heteroatoms. The summed E-state index contributed by atoms with van der Waals surface area (Å²) in [5.74, 6) is -2.40. The first-order valence-corrected chi connectivity index (χ1v) is 5.96. The number of carbonyl (C=O) groups excluding carboxylic acids is 1. The number of hydrogen-bond donors (Lipinski definition) is 0. The van der Waals surface area contributed by atoms with E-state index in [9.17, 15) is 31.1 Å². The van der Waals surface area contributed by atoms with E-state index in [1.165, 1.54) is 6.07 Å². The minimum absolute atomic E-state index is 0.397. The molecule has 1 rings (SSSR count). The van der Waals surface area contributed by atoms with E-state index in [4.69, 9.17) is 5.26 Å². The molecule has 0 aliphatic rings. The van der Waals surface area contributed by atoms with E-state index < -0.39 is 51.4 Å². The molecule has 0 saturated carbocycles. The van der Waals surface area contributed by atoms with Gasteiger partial charge in [-0.3, -0.25) is 0 Å². The van der Waals surface area contributed by atoms with Crippen molar-refractivity contribution in [3.05, 3.63) is 23.3 Å². The normalized spacial score (nSPS) is 11.7. The summed E-state index contributed by atoms with van der Waals surface area (Å²) in [5.41, 5.74) is -6.14. The van der Waals surface area contributed by atoms with Gasteiger partial charge in [-0.15, -0.1) is 13.2 Å². The zero-order valence-corrected chi connectivity index (χ0v) is 11.3. The van der Waals surface area contributed by atoms with Crippen molar-refractivity contribution in [1.29, 1.82) is 5.26 Å². The highest BCUT2D eigenvalue weighted by Gasteiger charge is 2.36. The Balaban J connectivity index is 3.47. The molecule has 4 nitrogen and oxygen atoms in total. The van der Waals surface area contributed by atoms with Crippen molar-refractivity contribution in [2.24, 2.45) is 0 Å². The number of esters is 1. The molecule has 0 amide bonds. The third-order valence-corrected chi connectivity index (χ3v) is 2.83. The molecule has 22 heavy (non-hydrogen) atoms. The molecule has 1 aromatic rings. The lowest BCUT2D eigenvalue weighted by Gasteiger charge is -2.15. The summed E-state index contributed by atoms with van der Waals surface area (Å²) in [6.07, 6.45) is -5.26. The van der Waals surface area contributed by atoms with Crippen LogP contribution in [-0.4, -0.2) is 24.9 Å². The number of nitriles is 1. The van der Waals surface area contributed by atoms with Crippen LogP contribution in [0.2, 0.25) is 0 Å². The molecule has 0 unspecified atom stereocenters. The van der Waals surface area contributed by atoms with Crippen molar-refractivity contribution in [3.8, 4) is 11.8 Å². The quantitative estimate of drug-likeness (QED) is 0.473. The van der Waals surface area contributed by atoms with Gasteiger partial charge in [-0.25, -0.2) is 4.79 Å². The van der Waals surface area contributed by atoms with Crippen LogP contribution in [0.25, 0.3) is 0 Å². The van der Waals surface area contributed by atoms with Gasteiger partial charge in [0.25, 0.3) is 0 Å². The lowest BCUT2D eigenvalue weighted by Crippen LogP contribution is -2.18. The van der Waals surface area contributed by atoms with Gasteiger partial charge >= 0.3 is 17.8 Å². The number of ether oxygens (including phenoxy) is 2. The zero-order valence-electron chi connectivity index (χ0n) is 10.5. The molecule has 0 heterocycles. The van der Waals surface area contributed by atoms with Crippen LogP contribution in [0.4, 0.5) is 26.3 Å². The van der Waals surface area contributed by atoms with Crippen LogP contribution in [0.3, 0.4) is 0 Å². The number of alkyl halides is 6. The van der Waals surface area contributed by atoms with Crippen molar-refractivity contribution >= 4 is 17.7 Å². The van der Waals surface area contributed by atoms with Gasteiger partial charge in [0.2, 0.25) is 0 Å². The Morgan fingerprint density at radius 2 is 1.82 bits per heavy atom. The molecule has 120 valence electrons. The lowest BCUT2D eigenvalue weighted by molar-refractivity contribution is -0.275. The third-order valence-electron chi connectivity index (χ3n) is 2.06. The molecule has 0 radical (unpaired) electrons. The van der Waals surface area contributed by atoms with E-state index in [0.29, 0.717) is 12.1 Å². The fourth-order valence-corrected chi connectivity index (χ4v) is 1.97. The van der Waals surface area contributed by atoms with E-state index in [-0.39, 0.29) is 0 Å². The molecule has 0 aliphatic carbocycles. The largest absolute Gasteiger partial charge is 0.573 e. The molecule has 0 bridgehead atoms. The molecule has 1 aromatic carbocycles. The Morgan fingerprint density at radius 1 is 1.23 bits per heavy atom. The Hall–Kier alpha value is -2.09. The van der Waals surface area contributed by atoms with Gasteiger partial charge in [0.15, 0.2) is 0 Å². The van der Waals surface area contributed by atoms with E-state index in [1.54, 1.807) is 0 Å². The standard InChI is InChI=1S/C11H5F6NO3S/c1-20-9(19)6-3-8(22-11(15,16)17)7(2-5(6)4-18)21-10(12,13)14/h2-3H,1H3. The Labute approximate surface area is 123 Å². The van der Waals surface area contributed by atoms with Crippen LogP contribution in [-0.2, 0) is 4.74 Å². The first-order valence-electron chi connectivity index (χ1n) is 5.15. The molecule has 0 fully saturated rings. The average molecular weight is 345 g/mol. The van der Waals surface area contributed by atoms with Crippen LogP contribution in [0.15, 0.2) is 17.0 Å². The summed E-state index contributed by atoms with van der Waals surface area (Å²) in [5, 5.41) is 8.79. The highest BCUT2D eigenvalue weighted by atomic mass is 32.2. The first-order chi connectivity index (χ1) is 9.96. The predicted octanol–water partition coefficient (Wildman–Crippen LogP) is 3.86. The molecule has 0 atom stereocenters. The van der Waals surface area contributed by atoms with Crippen molar-refractivity contribution in [1.82, 2.24) is 0 Å². The number of benzene rings is 1.